The summed E-state index contributed by atoms with van der Waals surface area (Å²) in [6, 6.07) is 0. The van der Waals surface area contributed by atoms with Crippen molar-refractivity contribution >= 4 is 28.7 Å². The van der Waals surface area contributed by atoms with Gasteiger partial charge < -0.3 is 19.1 Å². The van der Waals surface area contributed by atoms with Crippen LogP contribution in [0, 0.1) is 0 Å². The van der Waals surface area contributed by atoms with Crippen molar-refractivity contribution in [3.8, 4) is 0 Å². The molecule has 1 unspecified atom stereocenters. The van der Waals surface area contributed by atoms with E-state index in [-0.39, 0.29) is 6.09 Å². The summed E-state index contributed by atoms with van der Waals surface area (Å²) in [5, 5.41) is 0. The topological polar surface area (TPSA) is 48.0 Å². The van der Waals surface area contributed by atoms with Crippen LogP contribution in [0.3, 0.4) is 0 Å². The van der Waals surface area contributed by atoms with Gasteiger partial charge in [-0.05, 0) is 41.5 Å². The number of hydrogen-bond acceptors (Lipinski definition) is 4. The Balaban J connectivity index is 4.55. The molecule has 21 heavy (non-hydrogen) atoms. The summed E-state index contributed by atoms with van der Waals surface area (Å²) in [5.74, 6) is 0. The smallest absolute Gasteiger partial charge is 0.410 e. The van der Waals surface area contributed by atoms with E-state index in [4.69, 9.17) is 14.2 Å². The van der Waals surface area contributed by atoms with Gasteiger partial charge in [0.15, 0.2) is 0 Å². The number of amides is 1. The van der Waals surface area contributed by atoms with Gasteiger partial charge in [0.05, 0.1) is 25.4 Å². The Kier molecular flexibility index (Phi) is 9.80. The number of hydrogen-bond donors (Lipinski definition) is 0. The summed E-state index contributed by atoms with van der Waals surface area (Å²) >= 11 is 2.28. The molecule has 0 aromatic carbocycles. The summed E-state index contributed by atoms with van der Waals surface area (Å²) in [6.07, 6.45) is -0.297. The number of halogens is 1. The SMILES string of the molecule is CCOCCOC(C)(CI)CN(CC)C(=O)OC(C)(C)C. The van der Waals surface area contributed by atoms with Crippen LogP contribution < -0.4 is 0 Å². The van der Waals surface area contributed by atoms with E-state index in [1.54, 1.807) is 4.90 Å². The molecule has 0 saturated heterocycles. The lowest BCUT2D eigenvalue weighted by molar-refractivity contribution is -0.0590. The van der Waals surface area contributed by atoms with Gasteiger partial charge in [-0.1, -0.05) is 22.6 Å². The molecule has 0 aromatic rings. The summed E-state index contributed by atoms with van der Waals surface area (Å²) in [4.78, 5) is 13.9. The number of likely N-dealkylation sites (N-methyl/N-ethyl adjacent to an activating group) is 1. The van der Waals surface area contributed by atoms with Gasteiger partial charge in [-0.3, -0.25) is 0 Å². The van der Waals surface area contributed by atoms with Crippen LogP contribution >= 0.6 is 22.6 Å². The third-order valence-corrected chi connectivity index (χ3v) is 4.34. The predicted octanol–water partition coefficient (Wildman–Crippen LogP) is 3.49. The Bertz CT molecular complexity index is 307. The van der Waals surface area contributed by atoms with Crippen molar-refractivity contribution in [3.05, 3.63) is 0 Å². The summed E-state index contributed by atoms with van der Waals surface area (Å²) in [7, 11) is 0. The molecule has 0 fully saturated rings. The lowest BCUT2D eigenvalue weighted by Crippen LogP contribution is -2.48. The first-order valence-corrected chi connectivity index (χ1v) is 8.95. The molecular weight excluding hydrogens is 385 g/mol. The van der Waals surface area contributed by atoms with Crippen molar-refractivity contribution in [3.63, 3.8) is 0 Å². The Morgan fingerprint density at radius 3 is 2.19 bits per heavy atom. The maximum Gasteiger partial charge on any atom is 0.410 e. The minimum Gasteiger partial charge on any atom is -0.444 e. The van der Waals surface area contributed by atoms with Gasteiger partial charge >= 0.3 is 6.09 Å². The third kappa shape index (κ3) is 9.52. The molecule has 1 atom stereocenters. The zero-order valence-corrected chi connectivity index (χ0v) is 16.4. The van der Waals surface area contributed by atoms with Gasteiger partial charge in [0.1, 0.15) is 5.60 Å². The highest BCUT2D eigenvalue weighted by atomic mass is 127. The monoisotopic (exact) mass is 415 g/mol. The highest BCUT2D eigenvalue weighted by Gasteiger charge is 2.30. The van der Waals surface area contributed by atoms with E-state index in [0.29, 0.717) is 32.9 Å². The average Bonchev–Trinajstić information content (AvgIpc) is 2.39. The zero-order valence-electron chi connectivity index (χ0n) is 14.2. The van der Waals surface area contributed by atoms with Crippen molar-refractivity contribution in [2.75, 3.05) is 37.3 Å². The Labute approximate surface area is 142 Å². The molecule has 0 bridgehead atoms. The molecule has 1 amide bonds. The molecule has 0 aliphatic rings. The second kappa shape index (κ2) is 9.84. The largest absolute Gasteiger partial charge is 0.444 e. The van der Waals surface area contributed by atoms with E-state index in [1.807, 2.05) is 41.5 Å². The van der Waals surface area contributed by atoms with E-state index in [2.05, 4.69) is 22.6 Å². The number of rotatable bonds is 9. The molecule has 0 aliphatic heterocycles. The molecule has 126 valence electrons. The lowest BCUT2D eigenvalue weighted by atomic mass is 10.1. The van der Waals surface area contributed by atoms with E-state index < -0.39 is 11.2 Å². The molecule has 0 saturated carbocycles. The lowest BCUT2D eigenvalue weighted by Gasteiger charge is -2.34. The van der Waals surface area contributed by atoms with E-state index in [1.165, 1.54) is 0 Å². The minimum atomic E-state index is -0.485. The van der Waals surface area contributed by atoms with Crippen LogP contribution in [0.5, 0.6) is 0 Å². The molecule has 5 nitrogen and oxygen atoms in total. The normalized spacial score (nSPS) is 14.6. The molecule has 0 heterocycles. The number of carbonyl (C=O) groups is 1. The fraction of sp³-hybridized carbons (Fsp3) is 0.933. The van der Waals surface area contributed by atoms with Crippen molar-refractivity contribution < 1.29 is 19.0 Å². The fourth-order valence-corrected chi connectivity index (χ4v) is 2.11. The second-order valence-corrected chi connectivity index (χ2v) is 6.89. The van der Waals surface area contributed by atoms with Crippen molar-refractivity contribution in [2.45, 2.75) is 52.7 Å². The molecule has 0 radical (unpaired) electrons. The first kappa shape index (κ1) is 20.9. The maximum absolute atomic E-state index is 12.2. The maximum atomic E-state index is 12.2. The van der Waals surface area contributed by atoms with Gasteiger partial charge in [0.2, 0.25) is 0 Å². The quantitative estimate of drug-likeness (QED) is 0.329. The molecule has 0 aliphatic carbocycles. The van der Waals surface area contributed by atoms with Crippen molar-refractivity contribution in [1.82, 2.24) is 4.90 Å². The van der Waals surface area contributed by atoms with Crippen LogP contribution in [0.25, 0.3) is 0 Å². The van der Waals surface area contributed by atoms with Crippen LogP contribution in [-0.4, -0.2) is 59.5 Å². The third-order valence-electron chi connectivity index (χ3n) is 2.72. The van der Waals surface area contributed by atoms with E-state index in [9.17, 15) is 4.79 Å². The van der Waals surface area contributed by atoms with Crippen LogP contribution in [0.4, 0.5) is 4.79 Å². The molecule has 0 spiro atoms. The Morgan fingerprint density at radius 1 is 1.14 bits per heavy atom. The zero-order chi connectivity index (χ0) is 16.5. The van der Waals surface area contributed by atoms with E-state index in [0.717, 1.165) is 4.43 Å². The molecule has 0 aromatic heterocycles. The number of ether oxygens (including phenoxy) is 3. The molecule has 6 heteroatoms. The van der Waals surface area contributed by atoms with Crippen LogP contribution in [-0.2, 0) is 14.2 Å². The van der Waals surface area contributed by atoms with Gasteiger partial charge in [0, 0.05) is 17.6 Å². The highest BCUT2D eigenvalue weighted by molar-refractivity contribution is 14.1. The minimum absolute atomic E-state index is 0.297. The first-order valence-electron chi connectivity index (χ1n) is 7.43. The Hall–Kier alpha value is -0.0800. The average molecular weight is 415 g/mol. The number of carbonyl (C=O) groups excluding carboxylic acids is 1. The van der Waals surface area contributed by atoms with Gasteiger partial charge in [-0.2, -0.15) is 0 Å². The van der Waals surface area contributed by atoms with Gasteiger partial charge in [-0.25, -0.2) is 4.79 Å². The van der Waals surface area contributed by atoms with Gasteiger partial charge in [0.25, 0.3) is 0 Å². The highest BCUT2D eigenvalue weighted by Crippen LogP contribution is 2.18. The molecular formula is C15H30INO4. The van der Waals surface area contributed by atoms with Crippen molar-refractivity contribution in [2.24, 2.45) is 0 Å². The van der Waals surface area contributed by atoms with Crippen molar-refractivity contribution in [1.29, 1.82) is 0 Å². The molecule has 0 N–H and O–H groups in total. The standard InChI is InChI=1S/C15H30INO4/c1-7-17(13(18)21-14(3,4)5)12-15(6,11-16)20-10-9-19-8-2/h7-12H2,1-6H3. The number of alkyl halides is 1. The van der Waals surface area contributed by atoms with Crippen LogP contribution in [0.2, 0.25) is 0 Å². The first-order chi connectivity index (χ1) is 9.67. The predicted molar refractivity (Wildman–Crippen MR) is 93.2 cm³/mol. The summed E-state index contributed by atoms with van der Waals surface area (Å²) < 4.78 is 17.4. The summed E-state index contributed by atoms with van der Waals surface area (Å²) in [6.45, 7) is 14.4. The van der Waals surface area contributed by atoms with E-state index >= 15 is 0 Å². The Morgan fingerprint density at radius 2 is 1.76 bits per heavy atom. The van der Waals surface area contributed by atoms with Gasteiger partial charge in [-0.15, -0.1) is 0 Å². The summed E-state index contributed by atoms with van der Waals surface area (Å²) in [5.41, 5.74) is -0.883. The van der Waals surface area contributed by atoms with Crippen LogP contribution in [0.15, 0.2) is 0 Å². The van der Waals surface area contributed by atoms with Crippen LogP contribution in [0.1, 0.15) is 41.5 Å². The second-order valence-electron chi connectivity index (χ2n) is 6.12. The molecule has 0 rings (SSSR count). The number of nitrogens with zero attached hydrogens (tertiary/aromatic N) is 1. The fourth-order valence-electron chi connectivity index (χ4n) is 1.65.